The SMILES string of the molecule is Cc1cccc2c1NC(C(=O)N[C@H]1CC[C@](C)(NC(=O)CCN)CC1)C2. The fraction of sp³-hybridized carbons (Fsp3) is 0.600. The highest BCUT2D eigenvalue weighted by molar-refractivity contribution is 5.88. The molecule has 0 saturated heterocycles. The number of hydrogen-bond acceptors (Lipinski definition) is 4. The highest BCUT2D eigenvalue weighted by atomic mass is 16.2. The Balaban J connectivity index is 1.49. The fourth-order valence-electron chi connectivity index (χ4n) is 4.06. The zero-order valence-corrected chi connectivity index (χ0v) is 15.7. The van der Waals surface area contributed by atoms with E-state index in [1.807, 2.05) is 6.07 Å². The number of anilines is 1. The first-order valence-electron chi connectivity index (χ1n) is 9.57. The van der Waals surface area contributed by atoms with E-state index in [2.05, 4.69) is 41.9 Å². The molecule has 1 aromatic carbocycles. The summed E-state index contributed by atoms with van der Waals surface area (Å²) >= 11 is 0. The van der Waals surface area contributed by atoms with Gasteiger partial charge in [-0.15, -0.1) is 0 Å². The van der Waals surface area contributed by atoms with Gasteiger partial charge in [-0.05, 0) is 50.7 Å². The maximum Gasteiger partial charge on any atom is 0.243 e. The zero-order chi connectivity index (χ0) is 18.7. The average molecular weight is 358 g/mol. The Kier molecular flexibility index (Phi) is 5.51. The molecular weight excluding hydrogens is 328 g/mol. The molecule has 1 aromatic rings. The van der Waals surface area contributed by atoms with E-state index in [4.69, 9.17) is 5.73 Å². The molecule has 3 rings (SSSR count). The Hall–Kier alpha value is -2.08. The Labute approximate surface area is 155 Å². The van der Waals surface area contributed by atoms with Crippen LogP contribution >= 0.6 is 0 Å². The molecule has 1 atom stereocenters. The van der Waals surface area contributed by atoms with Crippen LogP contribution in [0.25, 0.3) is 0 Å². The molecule has 0 aromatic heterocycles. The number of nitrogens with one attached hydrogen (secondary N) is 3. The van der Waals surface area contributed by atoms with Crippen LogP contribution in [-0.2, 0) is 16.0 Å². The van der Waals surface area contributed by atoms with E-state index in [9.17, 15) is 9.59 Å². The quantitative estimate of drug-likeness (QED) is 0.643. The van der Waals surface area contributed by atoms with Crippen molar-refractivity contribution in [2.45, 2.75) is 70.0 Å². The van der Waals surface area contributed by atoms with Crippen LogP contribution in [0.4, 0.5) is 5.69 Å². The van der Waals surface area contributed by atoms with Gasteiger partial charge in [-0.1, -0.05) is 18.2 Å². The van der Waals surface area contributed by atoms with Crippen molar-refractivity contribution >= 4 is 17.5 Å². The first-order valence-corrected chi connectivity index (χ1v) is 9.57. The van der Waals surface area contributed by atoms with E-state index in [-0.39, 0.29) is 29.4 Å². The third kappa shape index (κ3) is 4.18. The minimum absolute atomic E-state index is 0.0146. The van der Waals surface area contributed by atoms with Crippen molar-refractivity contribution < 1.29 is 9.59 Å². The van der Waals surface area contributed by atoms with E-state index >= 15 is 0 Å². The normalized spacial score (nSPS) is 27.3. The fourth-order valence-corrected chi connectivity index (χ4v) is 4.06. The number of amides is 2. The molecule has 1 saturated carbocycles. The molecule has 6 nitrogen and oxygen atoms in total. The van der Waals surface area contributed by atoms with Crippen LogP contribution in [0.3, 0.4) is 0 Å². The first-order chi connectivity index (χ1) is 12.4. The van der Waals surface area contributed by atoms with Gasteiger partial charge in [-0.2, -0.15) is 0 Å². The van der Waals surface area contributed by atoms with Gasteiger partial charge in [0, 0.05) is 36.7 Å². The van der Waals surface area contributed by atoms with Crippen molar-refractivity contribution in [3.63, 3.8) is 0 Å². The van der Waals surface area contributed by atoms with Gasteiger partial charge in [0.25, 0.3) is 0 Å². The van der Waals surface area contributed by atoms with Crippen molar-refractivity contribution in [3.05, 3.63) is 29.3 Å². The second-order valence-electron chi connectivity index (χ2n) is 7.94. The van der Waals surface area contributed by atoms with Crippen molar-refractivity contribution in [1.82, 2.24) is 10.6 Å². The highest BCUT2D eigenvalue weighted by Gasteiger charge is 2.34. The molecular formula is C20H30N4O2. The summed E-state index contributed by atoms with van der Waals surface area (Å²) in [4.78, 5) is 24.5. The molecule has 0 bridgehead atoms. The van der Waals surface area contributed by atoms with Crippen molar-refractivity contribution in [2.24, 2.45) is 5.73 Å². The lowest BCUT2D eigenvalue weighted by Gasteiger charge is -2.38. The topological polar surface area (TPSA) is 96.2 Å². The molecule has 0 spiro atoms. The van der Waals surface area contributed by atoms with E-state index in [1.165, 1.54) is 11.1 Å². The number of carbonyl (C=O) groups excluding carboxylic acids is 2. The van der Waals surface area contributed by atoms with Gasteiger partial charge in [0.05, 0.1) is 0 Å². The predicted octanol–water partition coefficient (Wildman–Crippen LogP) is 1.61. The number of carbonyl (C=O) groups is 2. The summed E-state index contributed by atoms with van der Waals surface area (Å²) in [6.45, 7) is 4.52. The summed E-state index contributed by atoms with van der Waals surface area (Å²) in [6, 6.07) is 6.17. The predicted molar refractivity (Wildman–Crippen MR) is 103 cm³/mol. The molecule has 1 unspecified atom stereocenters. The molecule has 1 fully saturated rings. The van der Waals surface area contributed by atoms with E-state index < -0.39 is 0 Å². The third-order valence-electron chi connectivity index (χ3n) is 5.67. The summed E-state index contributed by atoms with van der Waals surface area (Å²) in [5.41, 5.74) is 8.75. The van der Waals surface area contributed by atoms with Gasteiger partial charge in [0.15, 0.2) is 0 Å². The number of nitrogens with two attached hydrogens (primary N) is 1. The number of hydrogen-bond donors (Lipinski definition) is 4. The molecule has 2 aliphatic rings. The van der Waals surface area contributed by atoms with Crippen LogP contribution in [0.5, 0.6) is 0 Å². The Bertz CT molecular complexity index is 680. The summed E-state index contributed by atoms with van der Waals surface area (Å²) in [5, 5.41) is 9.66. The summed E-state index contributed by atoms with van der Waals surface area (Å²) in [5.74, 6) is 0.0853. The number of para-hydroxylation sites is 1. The maximum absolute atomic E-state index is 12.7. The molecule has 5 N–H and O–H groups in total. The van der Waals surface area contributed by atoms with Crippen molar-refractivity contribution in [1.29, 1.82) is 0 Å². The van der Waals surface area contributed by atoms with Crippen LogP contribution in [0.2, 0.25) is 0 Å². The van der Waals surface area contributed by atoms with Gasteiger partial charge in [0.1, 0.15) is 6.04 Å². The van der Waals surface area contributed by atoms with Crippen molar-refractivity contribution in [3.8, 4) is 0 Å². The smallest absolute Gasteiger partial charge is 0.243 e. The summed E-state index contributed by atoms with van der Waals surface area (Å²) in [6.07, 6.45) is 4.59. The second kappa shape index (κ2) is 7.66. The van der Waals surface area contributed by atoms with Crippen LogP contribution < -0.4 is 21.7 Å². The lowest BCUT2D eigenvalue weighted by atomic mass is 9.80. The standard InChI is InChI=1S/C20H30N4O2/c1-13-4-3-5-14-12-16(23-18(13)14)19(26)22-15-6-9-20(2,10-7-15)24-17(25)8-11-21/h3-5,15-16,23H,6-12,21H2,1-2H3,(H,22,26)(H,24,25)/t15-,16?,20-. The minimum atomic E-state index is -0.191. The Morgan fingerprint density at radius 2 is 2.04 bits per heavy atom. The van der Waals surface area contributed by atoms with Crippen LogP contribution in [0, 0.1) is 6.92 Å². The minimum Gasteiger partial charge on any atom is -0.373 e. The lowest BCUT2D eigenvalue weighted by molar-refractivity contribution is -0.124. The van der Waals surface area contributed by atoms with Crippen LogP contribution in [0.1, 0.15) is 50.2 Å². The molecule has 142 valence electrons. The molecule has 2 amide bonds. The molecule has 1 aliphatic carbocycles. The summed E-state index contributed by atoms with van der Waals surface area (Å²) < 4.78 is 0. The van der Waals surface area contributed by atoms with E-state index in [0.29, 0.717) is 13.0 Å². The molecule has 1 aliphatic heterocycles. The summed E-state index contributed by atoms with van der Waals surface area (Å²) in [7, 11) is 0. The van der Waals surface area contributed by atoms with Crippen LogP contribution in [0.15, 0.2) is 18.2 Å². The molecule has 0 radical (unpaired) electrons. The number of aryl methyl sites for hydroxylation is 1. The van der Waals surface area contributed by atoms with Crippen molar-refractivity contribution in [2.75, 3.05) is 11.9 Å². The van der Waals surface area contributed by atoms with E-state index in [0.717, 1.165) is 37.8 Å². The lowest BCUT2D eigenvalue weighted by Crippen LogP contribution is -2.53. The van der Waals surface area contributed by atoms with Gasteiger partial charge in [0.2, 0.25) is 11.8 Å². The third-order valence-corrected chi connectivity index (χ3v) is 5.67. The maximum atomic E-state index is 12.7. The molecule has 6 heteroatoms. The van der Waals surface area contributed by atoms with Gasteiger partial charge >= 0.3 is 0 Å². The van der Waals surface area contributed by atoms with E-state index in [1.54, 1.807) is 0 Å². The largest absolute Gasteiger partial charge is 0.373 e. The average Bonchev–Trinajstić information content (AvgIpc) is 3.03. The monoisotopic (exact) mass is 358 g/mol. The number of fused-ring (bicyclic) bond motifs is 1. The second-order valence-corrected chi connectivity index (χ2v) is 7.94. The zero-order valence-electron chi connectivity index (χ0n) is 15.7. The highest BCUT2D eigenvalue weighted by Crippen LogP contribution is 2.31. The Morgan fingerprint density at radius 3 is 2.69 bits per heavy atom. The molecule has 26 heavy (non-hydrogen) atoms. The van der Waals surface area contributed by atoms with Gasteiger partial charge in [-0.25, -0.2) is 0 Å². The number of benzene rings is 1. The Morgan fingerprint density at radius 1 is 1.31 bits per heavy atom. The molecule has 1 heterocycles. The van der Waals surface area contributed by atoms with Gasteiger partial charge < -0.3 is 21.7 Å². The van der Waals surface area contributed by atoms with Gasteiger partial charge in [-0.3, -0.25) is 9.59 Å². The van der Waals surface area contributed by atoms with Crippen LogP contribution in [-0.4, -0.2) is 36.0 Å². The number of rotatable bonds is 5. The first kappa shape index (κ1) is 18.7.